The van der Waals surface area contributed by atoms with Crippen LogP contribution in [0.1, 0.15) is 5.56 Å². The van der Waals surface area contributed by atoms with Gasteiger partial charge in [-0.25, -0.2) is 9.83 Å². The molecule has 3 aromatic rings. The van der Waals surface area contributed by atoms with E-state index in [1.165, 1.54) is 0 Å². The number of rotatable bonds is 3. The quantitative estimate of drug-likeness (QED) is 0.686. The highest BCUT2D eigenvalue weighted by atomic mass is 16.5. The largest absolute Gasteiger partial charge is 0.392 e. The van der Waals surface area contributed by atoms with Crippen molar-refractivity contribution in [3.63, 3.8) is 0 Å². The van der Waals surface area contributed by atoms with E-state index in [-0.39, 0.29) is 11.5 Å². The lowest BCUT2D eigenvalue weighted by Crippen LogP contribution is -2.37. The second-order valence-electron chi connectivity index (χ2n) is 6.69. The van der Waals surface area contributed by atoms with Gasteiger partial charge in [0, 0.05) is 18.7 Å². The highest BCUT2D eigenvalue weighted by Gasteiger charge is 2.24. The Bertz CT molecular complexity index is 1120. The molecule has 0 bridgehead atoms. The Morgan fingerprint density at radius 3 is 2.41 bits per heavy atom. The van der Waals surface area contributed by atoms with Gasteiger partial charge in [-0.05, 0) is 22.8 Å². The molecule has 0 atom stereocenters. The maximum Gasteiger partial charge on any atom is 0.237 e. The summed E-state index contributed by atoms with van der Waals surface area (Å²) in [6, 6.07) is 20.1. The Labute approximate surface area is 169 Å². The van der Waals surface area contributed by atoms with Gasteiger partial charge in [0.15, 0.2) is 0 Å². The van der Waals surface area contributed by atoms with Crippen molar-refractivity contribution < 1.29 is 4.74 Å². The number of anilines is 2. The number of nitriles is 1. The van der Waals surface area contributed by atoms with Gasteiger partial charge in [-0.3, -0.25) is 0 Å². The standard InChI is InChI=1S/C23H19N5O/c1-26-21-20(18-9-5-8-17(14-18)16-6-3-2-4-7-16)19(15-24)23(27-22(21)25)28-10-12-29-13-11-28/h2-9,14H,10-13H2,(H2,25,27). The third-order valence-corrected chi connectivity index (χ3v) is 4.97. The molecule has 0 aliphatic carbocycles. The number of hydrogen-bond acceptors (Lipinski definition) is 5. The minimum absolute atomic E-state index is 0.139. The van der Waals surface area contributed by atoms with Crippen molar-refractivity contribution in [3.8, 4) is 28.3 Å². The van der Waals surface area contributed by atoms with Crippen molar-refractivity contribution in [1.29, 1.82) is 5.26 Å². The molecule has 29 heavy (non-hydrogen) atoms. The van der Waals surface area contributed by atoms with Crippen LogP contribution < -0.4 is 10.6 Å². The second-order valence-corrected chi connectivity index (χ2v) is 6.69. The fraction of sp³-hybridized carbons (Fsp3) is 0.174. The van der Waals surface area contributed by atoms with Gasteiger partial charge in [-0.2, -0.15) is 5.26 Å². The van der Waals surface area contributed by atoms with Gasteiger partial charge in [-0.15, -0.1) is 0 Å². The second kappa shape index (κ2) is 8.02. The fourth-order valence-electron chi connectivity index (χ4n) is 3.57. The van der Waals surface area contributed by atoms with E-state index in [1.807, 2.05) is 59.5 Å². The molecule has 0 amide bonds. The predicted octanol–water partition coefficient (Wildman–Crippen LogP) is 4.26. The lowest BCUT2D eigenvalue weighted by molar-refractivity contribution is 0.122. The fourth-order valence-corrected chi connectivity index (χ4v) is 3.57. The zero-order valence-electron chi connectivity index (χ0n) is 15.8. The molecule has 0 saturated carbocycles. The predicted molar refractivity (Wildman–Crippen MR) is 114 cm³/mol. The first-order chi connectivity index (χ1) is 14.2. The van der Waals surface area contributed by atoms with E-state index in [4.69, 9.17) is 17.0 Å². The molecule has 1 saturated heterocycles. The molecule has 6 heteroatoms. The molecule has 1 aromatic heterocycles. The summed E-state index contributed by atoms with van der Waals surface area (Å²) in [5, 5.41) is 10.00. The minimum atomic E-state index is 0.139. The van der Waals surface area contributed by atoms with Crippen LogP contribution in [0.2, 0.25) is 0 Å². The number of hydrogen-bond donors (Lipinski definition) is 1. The van der Waals surface area contributed by atoms with E-state index in [0.717, 1.165) is 16.7 Å². The van der Waals surface area contributed by atoms with Crippen LogP contribution in [0.25, 0.3) is 27.1 Å². The SMILES string of the molecule is [C-]#[N+]c1c(N)nc(N2CCOCC2)c(C#N)c1-c1cccc(-c2ccccc2)c1. The number of benzene rings is 2. The summed E-state index contributed by atoms with van der Waals surface area (Å²) < 4.78 is 5.42. The van der Waals surface area contributed by atoms with Crippen LogP contribution in [0.15, 0.2) is 54.6 Å². The van der Waals surface area contributed by atoms with E-state index < -0.39 is 0 Å². The molecule has 2 aromatic carbocycles. The smallest absolute Gasteiger partial charge is 0.237 e. The average molecular weight is 381 g/mol. The van der Waals surface area contributed by atoms with Crippen molar-refractivity contribution in [2.24, 2.45) is 0 Å². The first-order valence-electron chi connectivity index (χ1n) is 9.32. The number of nitrogens with two attached hydrogens (primary N) is 1. The van der Waals surface area contributed by atoms with Crippen LogP contribution >= 0.6 is 0 Å². The van der Waals surface area contributed by atoms with E-state index in [1.54, 1.807) is 0 Å². The van der Waals surface area contributed by atoms with Gasteiger partial charge in [0.05, 0.1) is 25.3 Å². The normalized spacial score (nSPS) is 13.5. The number of aromatic nitrogens is 1. The van der Waals surface area contributed by atoms with Crippen LogP contribution in [0, 0.1) is 17.9 Å². The van der Waals surface area contributed by atoms with Crippen molar-refractivity contribution in [3.05, 3.63) is 71.6 Å². The van der Waals surface area contributed by atoms with Crippen LogP contribution in [-0.4, -0.2) is 31.3 Å². The van der Waals surface area contributed by atoms with Gasteiger partial charge < -0.3 is 15.4 Å². The minimum Gasteiger partial charge on any atom is -0.392 e. The maximum absolute atomic E-state index is 10.00. The summed E-state index contributed by atoms with van der Waals surface area (Å²) in [6.07, 6.45) is 0. The van der Waals surface area contributed by atoms with E-state index in [2.05, 4.69) is 15.9 Å². The average Bonchev–Trinajstić information content (AvgIpc) is 2.79. The lowest BCUT2D eigenvalue weighted by atomic mass is 9.95. The van der Waals surface area contributed by atoms with Gasteiger partial charge in [0.1, 0.15) is 17.7 Å². The zero-order valence-corrected chi connectivity index (χ0v) is 15.8. The molecule has 1 aliphatic rings. The molecule has 1 aliphatic heterocycles. The van der Waals surface area contributed by atoms with Gasteiger partial charge in [-0.1, -0.05) is 48.5 Å². The van der Waals surface area contributed by atoms with E-state index in [9.17, 15) is 5.26 Å². The van der Waals surface area contributed by atoms with E-state index >= 15 is 0 Å². The van der Waals surface area contributed by atoms with Crippen molar-refractivity contribution in [1.82, 2.24) is 4.98 Å². The number of nitrogen functional groups attached to an aromatic ring is 1. The molecule has 0 spiro atoms. The first-order valence-corrected chi connectivity index (χ1v) is 9.32. The topological polar surface area (TPSA) is 79.5 Å². The number of nitrogens with zero attached hydrogens (tertiary/aromatic N) is 4. The van der Waals surface area contributed by atoms with Crippen LogP contribution in [0.5, 0.6) is 0 Å². The number of morpholine rings is 1. The molecule has 2 heterocycles. The molecule has 0 unspecified atom stereocenters. The summed E-state index contributed by atoms with van der Waals surface area (Å²) >= 11 is 0. The summed E-state index contributed by atoms with van der Waals surface area (Å²) in [5.41, 5.74) is 10.1. The Morgan fingerprint density at radius 2 is 1.72 bits per heavy atom. The Balaban J connectivity index is 1.92. The van der Waals surface area contributed by atoms with Gasteiger partial charge >= 0.3 is 0 Å². The molecule has 6 nitrogen and oxygen atoms in total. The first kappa shape index (κ1) is 18.5. The summed E-state index contributed by atoms with van der Waals surface area (Å²) in [7, 11) is 0. The monoisotopic (exact) mass is 381 g/mol. The summed E-state index contributed by atoms with van der Waals surface area (Å²) in [6.45, 7) is 10.0. The molecule has 1 fully saturated rings. The Kier molecular flexibility index (Phi) is 5.11. The maximum atomic E-state index is 10.00. The molecule has 4 rings (SSSR count). The van der Waals surface area contributed by atoms with Crippen LogP contribution in [0.3, 0.4) is 0 Å². The van der Waals surface area contributed by atoms with E-state index in [0.29, 0.717) is 43.2 Å². The van der Waals surface area contributed by atoms with Crippen molar-refractivity contribution in [2.45, 2.75) is 0 Å². The Hall–Kier alpha value is -3.87. The van der Waals surface area contributed by atoms with Crippen molar-refractivity contribution in [2.75, 3.05) is 36.9 Å². The van der Waals surface area contributed by atoms with Gasteiger partial charge in [0.2, 0.25) is 5.69 Å². The molecule has 2 N–H and O–H groups in total. The molecule has 142 valence electrons. The highest BCUT2D eigenvalue weighted by Crippen LogP contribution is 2.42. The third kappa shape index (κ3) is 3.50. The van der Waals surface area contributed by atoms with Crippen molar-refractivity contribution >= 4 is 17.3 Å². The number of ether oxygens (including phenoxy) is 1. The van der Waals surface area contributed by atoms with Crippen LogP contribution in [0.4, 0.5) is 17.3 Å². The zero-order chi connectivity index (χ0) is 20.2. The summed E-state index contributed by atoms with van der Waals surface area (Å²) in [5.74, 6) is 0.654. The van der Waals surface area contributed by atoms with Gasteiger partial charge in [0.25, 0.3) is 0 Å². The Morgan fingerprint density at radius 1 is 1.03 bits per heavy atom. The molecular weight excluding hydrogens is 362 g/mol. The lowest BCUT2D eigenvalue weighted by Gasteiger charge is -2.29. The molecule has 0 radical (unpaired) electrons. The van der Waals surface area contributed by atoms with Crippen LogP contribution in [-0.2, 0) is 4.74 Å². The molecular formula is C23H19N5O. The number of pyridine rings is 1. The third-order valence-electron chi connectivity index (χ3n) is 4.97. The highest BCUT2D eigenvalue weighted by molar-refractivity contribution is 5.93. The summed E-state index contributed by atoms with van der Waals surface area (Å²) in [4.78, 5) is 10.0.